The van der Waals surface area contributed by atoms with Crippen LogP contribution in [0.15, 0.2) is 24.3 Å². The Morgan fingerprint density at radius 2 is 1.89 bits per heavy atom. The molecule has 0 spiro atoms. The second-order valence-corrected chi connectivity index (χ2v) is 7.51. The second-order valence-electron chi connectivity index (χ2n) is 5.11. The van der Waals surface area contributed by atoms with Gasteiger partial charge in [-0.05, 0) is 30.4 Å². The van der Waals surface area contributed by atoms with E-state index in [1.807, 2.05) is 32.0 Å². The lowest BCUT2D eigenvalue weighted by atomic mass is 9.97. The van der Waals surface area contributed by atoms with E-state index in [0.717, 1.165) is 18.4 Å². The lowest BCUT2D eigenvalue weighted by Gasteiger charge is -2.23. The van der Waals surface area contributed by atoms with Crippen molar-refractivity contribution in [2.75, 3.05) is 0 Å². The minimum Gasteiger partial charge on any atom is -0.212 e. The van der Waals surface area contributed by atoms with E-state index in [1.165, 1.54) is 0 Å². The third-order valence-electron chi connectivity index (χ3n) is 3.16. The van der Waals surface area contributed by atoms with E-state index in [9.17, 15) is 8.42 Å². The topological polar surface area (TPSA) is 46.2 Å². The fourth-order valence-electron chi connectivity index (χ4n) is 1.94. The van der Waals surface area contributed by atoms with Crippen molar-refractivity contribution in [2.45, 2.75) is 38.0 Å². The summed E-state index contributed by atoms with van der Waals surface area (Å²) in [4.78, 5) is 0. The highest BCUT2D eigenvalue weighted by atomic mass is 35.5. The van der Waals surface area contributed by atoms with Gasteiger partial charge >= 0.3 is 0 Å². The van der Waals surface area contributed by atoms with Crippen molar-refractivity contribution in [1.82, 2.24) is 4.72 Å². The fourth-order valence-corrected chi connectivity index (χ4v) is 3.89. The monoisotopic (exact) mass is 287 g/mol. The fraction of sp³-hybridized carbons (Fsp3) is 0.538. The van der Waals surface area contributed by atoms with Crippen LogP contribution in [-0.4, -0.2) is 13.7 Å². The molecule has 0 aromatic heterocycles. The summed E-state index contributed by atoms with van der Waals surface area (Å²) in [5.74, 6) is 0.151. The highest BCUT2D eigenvalue weighted by Gasteiger charge is 2.38. The quantitative estimate of drug-likeness (QED) is 0.904. The molecule has 100 valence electrons. The van der Waals surface area contributed by atoms with Gasteiger partial charge in [-0.1, -0.05) is 43.6 Å². The normalized spacial score (nSPS) is 18.0. The Morgan fingerprint density at radius 1 is 1.28 bits per heavy atom. The number of hydrogen-bond acceptors (Lipinski definition) is 2. The van der Waals surface area contributed by atoms with Gasteiger partial charge in [0.15, 0.2) is 0 Å². The molecule has 1 aromatic rings. The third-order valence-corrected chi connectivity index (χ3v) is 5.44. The Kier molecular flexibility index (Phi) is 3.99. The van der Waals surface area contributed by atoms with Crippen molar-refractivity contribution in [1.29, 1.82) is 0 Å². The van der Waals surface area contributed by atoms with E-state index >= 15 is 0 Å². The van der Waals surface area contributed by atoms with Gasteiger partial charge in [0.25, 0.3) is 0 Å². The number of hydrogen-bond donors (Lipinski definition) is 1. The molecule has 5 heteroatoms. The van der Waals surface area contributed by atoms with Crippen LogP contribution < -0.4 is 4.72 Å². The van der Waals surface area contributed by atoms with E-state index in [-0.39, 0.29) is 17.2 Å². The van der Waals surface area contributed by atoms with Gasteiger partial charge in [0.1, 0.15) is 0 Å². The summed E-state index contributed by atoms with van der Waals surface area (Å²) in [7, 11) is -3.20. The summed E-state index contributed by atoms with van der Waals surface area (Å²) in [6.07, 6.45) is 1.53. The zero-order valence-electron chi connectivity index (χ0n) is 10.6. The molecule has 1 aliphatic rings. The first-order chi connectivity index (χ1) is 8.42. The first-order valence-corrected chi connectivity index (χ1v) is 8.10. The zero-order valence-corrected chi connectivity index (χ0v) is 12.1. The van der Waals surface area contributed by atoms with Crippen LogP contribution in [0, 0.1) is 5.92 Å². The van der Waals surface area contributed by atoms with Gasteiger partial charge in [-0.3, -0.25) is 0 Å². The Balaban J connectivity index is 2.27. The number of halogens is 1. The molecular weight excluding hydrogens is 270 g/mol. The Bertz CT molecular complexity index is 524. The van der Waals surface area contributed by atoms with Gasteiger partial charge in [-0.2, -0.15) is 0 Å². The smallest absolute Gasteiger partial charge is 0.212 e. The van der Waals surface area contributed by atoms with E-state index in [4.69, 9.17) is 11.6 Å². The highest BCUT2D eigenvalue weighted by molar-refractivity contribution is 7.90. The van der Waals surface area contributed by atoms with Gasteiger partial charge < -0.3 is 0 Å². The summed E-state index contributed by atoms with van der Waals surface area (Å²) < 4.78 is 26.9. The second kappa shape index (κ2) is 5.19. The van der Waals surface area contributed by atoms with Gasteiger partial charge in [-0.25, -0.2) is 13.1 Å². The van der Waals surface area contributed by atoms with Crippen molar-refractivity contribution in [3.05, 3.63) is 34.9 Å². The van der Waals surface area contributed by atoms with E-state index < -0.39 is 10.0 Å². The first kappa shape index (κ1) is 13.8. The zero-order chi connectivity index (χ0) is 13.3. The van der Waals surface area contributed by atoms with Crippen LogP contribution in [0.4, 0.5) is 0 Å². The maximum atomic E-state index is 12.0. The predicted molar refractivity (Wildman–Crippen MR) is 74.1 cm³/mol. The van der Waals surface area contributed by atoms with Crippen molar-refractivity contribution >= 4 is 21.6 Å². The molecule has 1 N–H and O–H groups in total. The minimum atomic E-state index is -3.20. The first-order valence-electron chi connectivity index (χ1n) is 6.17. The summed E-state index contributed by atoms with van der Waals surface area (Å²) in [5, 5.41) is 0.399. The molecule has 1 saturated carbocycles. The molecule has 0 radical (unpaired) electrons. The van der Waals surface area contributed by atoms with Gasteiger partial charge in [0.2, 0.25) is 10.0 Å². The number of nitrogens with one attached hydrogen (secondary N) is 1. The molecule has 0 aliphatic heterocycles. The molecule has 0 amide bonds. The average molecular weight is 288 g/mol. The number of benzene rings is 1. The summed E-state index contributed by atoms with van der Waals surface area (Å²) in [6, 6.07) is 7.13. The van der Waals surface area contributed by atoms with Crippen LogP contribution in [0.3, 0.4) is 0 Å². The minimum absolute atomic E-state index is 0.151. The Labute approximate surface area is 114 Å². The lowest BCUT2D eigenvalue weighted by molar-refractivity contribution is 0.462. The van der Waals surface area contributed by atoms with Crippen LogP contribution >= 0.6 is 11.6 Å². The van der Waals surface area contributed by atoms with E-state index in [2.05, 4.69) is 4.72 Å². The van der Waals surface area contributed by atoms with Gasteiger partial charge in [0, 0.05) is 5.02 Å². The van der Waals surface area contributed by atoms with E-state index in [1.54, 1.807) is 6.07 Å². The largest absolute Gasteiger partial charge is 0.215 e. The molecule has 1 aliphatic carbocycles. The molecule has 0 saturated heterocycles. The molecule has 1 aromatic carbocycles. The summed E-state index contributed by atoms with van der Waals surface area (Å²) in [6.45, 7) is 3.98. The van der Waals surface area contributed by atoms with Crippen LogP contribution in [0.1, 0.15) is 38.3 Å². The molecule has 1 fully saturated rings. The van der Waals surface area contributed by atoms with Crippen molar-refractivity contribution < 1.29 is 8.42 Å². The SMILES string of the molecule is CC(C)[C@H](NS(=O)(=O)C1CC1)c1ccccc1Cl. The molecule has 0 unspecified atom stereocenters. The molecule has 2 rings (SSSR count). The summed E-state index contributed by atoms with van der Waals surface area (Å²) >= 11 is 6.15. The molecular formula is C13H18ClNO2S. The highest BCUT2D eigenvalue weighted by Crippen LogP contribution is 2.33. The van der Waals surface area contributed by atoms with Crippen LogP contribution in [0.2, 0.25) is 5.02 Å². The Morgan fingerprint density at radius 3 is 2.39 bits per heavy atom. The maximum absolute atomic E-state index is 12.0. The third kappa shape index (κ3) is 3.05. The standard InChI is InChI=1S/C13H18ClNO2S/c1-9(2)13(11-5-3-4-6-12(11)14)15-18(16,17)10-7-8-10/h3-6,9-10,13,15H,7-8H2,1-2H3/t13-/m0/s1. The number of sulfonamides is 1. The maximum Gasteiger partial charge on any atom is 0.215 e. The Hall–Kier alpha value is -0.580. The van der Waals surface area contributed by atoms with Crippen molar-refractivity contribution in [3.63, 3.8) is 0 Å². The molecule has 0 bridgehead atoms. The number of rotatable bonds is 5. The average Bonchev–Trinajstić information content (AvgIpc) is 3.10. The lowest BCUT2D eigenvalue weighted by Crippen LogP contribution is -2.34. The molecule has 18 heavy (non-hydrogen) atoms. The van der Waals surface area contributed by atoms with E-state index in [0.29, 0.717) is 5.02 Å². The van der Waals surface area contributed by atoms with Crippen LogP contribution in [0.25, 0.3) is 0 Å². The van der Waals surface area contributed by atoms with Gasteiger partial charge in [0.05, 0.1) is 11.3 Å². The van der Waals surface area contributed by atoms with Crippen LogP contribution in [-0.2, 0) is 10.0 Å². The van der Waals surface area contributed by atoms with Crippen molar-refractivity contribution in [2.24, 2.45) is 5.92 Å². The molecule has 1 atom stereocenters. The predicted octanol–water partition coefficient (Wildman–Crippen LogP) is 3.12. The molecule has 0 heterocycles. The van der Waals surface area contributed by atoms with Gasteiger partial charge in [-0.15, -0.1) is 0 Å². The molecule has 3 nitrogen and oxygen atoms in total. The van der Waals surface area contributed by atoms with Crippen LogP contribution in [0.5, 0.6) is 0 Å². The summed E-state index contributed by atoms with van der Waals surface area (Å²) in [5.41, 5.74) is 0.846. The van der Waals surface area contributed by atoms with Crippen molar-refractivity contribution in [3.8, 4) is 0 Å².